The van der Waals surface area contributed by atoms with E-state index in [1.807, 2.05) is 0 Å². The average molecular weight is 217 g/mol. The maximum absolute atomic E-state index is 6.17. The summed E-state index contributed by atoms with van der Waals surface area (Å²) in [5, 5.41) is 0. The van der Waals surface area contributed by atoms with E-state index in [1.54, 1.807) is 0 Å². The van der Waals surface area contributed by atoms with Crippen molar-refractivity contribution in [3.8, 4) is 0 Å². The molecule has 0 bridgehead atoms. The zero-order chi connectivity index (χ0) is 11.4. The standard InChI is InChI=1S/C14H19NO/c1-2-11-6-8-12(9-7-11)14(15)13-5-3-4-10-16-13/h5-9,14H,2-4,10,15H2,1H3. The molecule has 1 aromatic carbocycles. The molecule has 1 aromatic rings. The van der Waals surface area contributed by atoms with Crippen molar-refractivity contribution in [3.05, 3.63) is 47.2 Å². The molecular formula is C14H19NO. The monoisotopic (exact) mass is 217 g/mol. The Hall–Kier alpha value is -1.28. The number of hydrogen-bond acceptors (Lipinski definition) is 2. The Bertz CT molecular complexity index is 367. The molecule has 1 heterocycles. The molecule has 0 saturated carbocycles. The number of benzene rings is 1. The van der Waals surface area contributed by atoms with Crippen LogP contribution < -0.4 is 5.73 Å². The molecule has 0 radical (unpaired) electrons. The molecule has 1 atom stereocenters. The molecule has 1 aliphatic heterocycles. The molecule has 0 saturated heterocycles. The van der Waals surface area contributed by atoms with Gasteiger partial charge in [0, 0.05) is 0 Å². The van der Waals surface area contributed by atoms with Crippen LogP contribution in [0.4, 0.5) is 0 Å². The predicted molar refractivity (Wildman–Crippen MR) is 66.0 cm³/mol. The maximum atomic E-state index is 6.17. The second kappa shape index (κ2) is 5.17. The highest BCUT2D eigenvalue weighted by atomic mass is 16.5. The van der Waals surface area contributed by atoms with Crippen LogP contribution in [-0.4, -0.2) is 6.61 Å². The zero-order valence-electron chi connectivity index (χ0n) is 9.78. The van der Waals surface area contributed by atoms with E-state index in [4.69, 9.17) is 10.5 Å². The van der Waals surface area contributed by atoms with Crippen LogP contribution in [0, 0.1) is 0 Å². The van der Waals surface area contributed by atoms with Gasteiger partial charge in [-0.1, -0.05) is 31.2 Å². The maximum Gasteiger partial charge on any atom is 0.113 e. The fraction of sp³-hybridized carbons (Fsp3) is 0.429. The molecule has 86 valence electrons. The van der Waals surface area contributed by atoms with Crippen LogP contribution in [-0.2, 0) is 11.2 Å². The first-order valence-electron chi connectivity index (χ1n) is 5.98. The van der Waals surface area contributed by atoms with Gasteiger partial charge in [0.2, 0.25) is 0 Å². The van der Waals surface area contributed by atoms with E-state index in [2.05, 4.69) is 37.3 Å². The van der Waals surface area contributed by atoms with Crippen molar-refractivity contribution >= 4 is 0 Å². The van der Waals surface area contributed by atoms with Gasteiger partial charge in [0.25, 0.3) is 0 Å². The summed E-state index contributed by atoms with van der Waals surface area (Å²) in [6.07, 6.45) is 5.36. The summed E-state index contributed by atoms with van der Waals surface area (Å²) in [4.78, 5) is 0. The third-order valence-electron chi connectivity index (χ3n) is 3.02. The topological polar surface area (TPSA) is 35.2 Å². The van der Waals surface area contributed by atoms with E-state index in [-0.39, 0.29) is 6.04 Å². The number of rotatable bonds is 3. The Morgan fingerprint density at radius 3 is 2.62 bits per heavy atom. The Kier molecular flexibility index (Phi) is 3.62. The first-order chi connectivity index (χ1) is 7.81. The van der Waals surface area contributed by atoms with Gasteiger partial charge in [0.1, 0.15) is 5.76 Å². The molecule has 2 rings (SSSR count). The molecule has 0 aliphatic carbocycles. The van der Waals surface area contributed by atoms with Gasteiger partial charge in [-0.15, -0.1) is 0 Å². The van der Waals surface area contributed by atoms with E-state index < -0.39 is 0 Å². The predicted octanol–water partition coefficient (Wildman–Crippen LogP) is 2.94. The summed E-state index contributed by atoms with van der Waals surface area (Å²) in [6.45, 7) is 2.95. The van der Waals surface area contributed by atoms with Crippen LogP contribution in [0.2, 0.25) is 0 Å². The van der Waals surface area contributed by atoms with Gasteiger partial charge >= 0.3 is 0 Å². The van der Waals surface area contributed by atoms with Crippen LogP contribution in [0.15, 0.2) is 36.1 Å². The van der Waals surface area contributed by atoms with Crippen molar-refractivity contribution in [1.29, 1.82) is 0 Å². The number of aryl methyl sites for hydroxylation is 1. The van der Waals surface area contributed by atoms with Crippen molar-refractivity contribution in [1.82, 2.24) is 0 Å². The SMILES string of the molecule is CCc1ccc(C(N)C2=CCCCO2)cc1. The first-order valence-corrected chi connectivity index (χ1v) is 5.98. The number of allylic oxidation sites excluding steroid dienone is 1. The number of nitrogens with two attached hydrogens (primary N) is 1. The quantitative estimate of drug-likeness (QED) is 0.844. The molecule has 0 amide bonds. The van der Waals surface area contributed by atoms with Gasteiger partial charge in [0.05, 0.1) is 12.6 Å². The summed E-state index contributed by atoms with van der Waals surface area (Å²) in [5.74, 6) is 0.926. The highest BCUT2D eigenvalue weighted by Crippen LogP contribution is 2.24. The highest BCUT2D eigenvalue weighted by Gasteiger charge is 2.15. The fourth-order valence-corrected chi connectivity index (χ4v) is 1.92. The lowest BCUT2D eigenvalue weighted by Gasteiger charge is -2.21. The molecule has 1 unspecified atom stereocenters. The second-order valence-corrected chi connectivity index (χ2v) is 4.17. The minimum Gasteiger partial charge on any atom is -0.496 e. The summed E-state index contributed by atoms with van der Waals surface area (Å²) in [7, 11) is 0. The lowest BCUT2D eigenvalue weighted by molar-refractivity contribution is 0.176. The van der Waals surface area contributed by atoms with Crippen LogP contribution in [0.5, 0.6) is 0 Å². The summed E-state index contributed by atoms with van der Waals surface area (Å²) in [6, 6.07) is 8.37. The normalized spacial score (nSPS) is 17.5. The molecule has 2 nitrogen and oxygen atoms in total. The lowest BCUT2D eigenvalue weighted by atomic mass is 10.0. The number of hydrogen-bond donors (Lipinski definition) is 1. The minimum atomic E-state index is -0.105. The zero-order valence-corrected chi connectivity index (χ0v) is 9.78. The van der Waals surface area contributed by atoms with Crippen LogP contribution in [0.3, 0.4) is 0 Å². The van der Waals surface area contributed by atoms with Crippen LogP contribution in [0.1, 0.15) is 36.9 Å². The Balaban J connectivity index is 2.13. The lowest BCUT2D eigenvalue weighted by Crippen LogP contribution is -2.17. The van der Waals surface area contributed by atoms with Gasteiger partial charge in [0.15, 0.2) is 0 Å². The molecule has 2 heteroatoms. The third kappa shape index (κ3) is 2.45. The smallest absolute Gasteiger partial charge is 0.113 e. The van der Waals surface area contributed by atoms with Gasteiger partial charge in [-0.25, -0.2) is 0 Å². The van der Waals surface area contributed by atoms with Crippen LogP contribution >= 0.6 is 0 Å². The second-order valence-electron chi connectivity index (χ2n) is 4.17. The first kappa shape index (κ1) is 11.2. The van der Waals surface area contributed by atoms with Crippen molar-refractivity contribution in [2.75, 3.05) is 6.61 Å². The summed E-state index contributed by atoms with van der Waals surface area (Å²) >= 11 is 0. The highest BCUT2D eigenvalue weighted by molar-refractivity contribution is 5.29. The van der Waals surface area contributed by atoms with Crippen molar-refractivity contribution in [2.45, 2.75) is 32.2 Å². The Morgan fingerprint density at radius 1 is 1.31 bits per heavy atom. The molecule has 0 fully saturated rings. The van der Waals surface area contributed by atoms with Crippen molar-refractivity contribution in [2.24, 2.45) is 5.73 Å². The van der Waals surface area contributed by atoms with E-state index in [1.165, 1.54) is 5.56 Å². The third-order valence-corrected chi connectivity index (χ3v) is 3.02. The average Bonchev–Trinajstić information content (AvgIpc) is 2.39. The van der Waals surface area contributed by atoms with E-state index in [0.29, 0.717) is 0 Å². The molecule has 0 spiro atoms. The van der Waals surface area contributed by atoms with Gasteiger partial charge in [-0.2, -0.15) is 0 Å². The molecular weight excluding hydrogens is 198 g/mol. The summed E-state index contributed by atoms with van der Waals surface area (Å²) in [5.41, 5.74) is 8.64. The van der Waals surface area contributed by atoms with E-state index in [0.717, 1.165) is 37.2 Å². The molecule has 0 aromatic heterocycles. The molecule has 16 heavy (non-hydrogen) atoms. The molecule has 1 aliphatic rings. The van der Waals surface area contributed by atoms with Crippen LogP contribution in [0.25, 0.3) is 0 Å². The van der Waals surface area contributed by atoms with Gasteiger partial charge in [-0.3, -0.25) is 0 Å². The van der Waals surface area contributed by atoms with Crippen molar-refractivity contribution in [3.63, 3.8) is 0 Å². The number of ether oxygens (including phenoxy) is 1. The Labute approximate surface area is 97.1 Å². The van der Waals surface area contributed by atoms with Gasteiger partial charge < -0.3 is 10.5 Å². The van der Waals surface area contributed by atoms with Crippen molar-refractivity contribution < 1.29 is 4.74 Å². The fourth-order valence-electron chi connectivity index (χ4n) is 1.92. The van der Waals surface area contributed by atoms with E-state index >= 15 is 0 Å². The summed E-state index contributed by atoms with van der Waals surface area (Å²) < 4.78 is 5.59. The van der Waals surface area contributed by atoms with Gasteiger partial charge in [-0.05, 0) is 36.5 Å². The largest absolute Gasteiger partial charge is 0.496 e. The minimum absolute atomic E-state index is 0.105. The Morgan fingerprint density at radius 2 is 2.06 bits per heavy atom. The molecule has 2 N–H and O–H groups in total. The van der Waals surface area contributed by atoms with E-state index in [9.17, 15) is 0 Å².